The first kappa shape index (κ1) is 14.9. The third kappa shape index (κ3) is 3.11. The van der Waals surface area contributed by atoms with Gasteiger partial charge in [-0.1, -0.05) is 17.7 Å². The highest BCUT2D eigenvalue weighted by Gasteiger charge is 2.33. The zero-order valence-electron chi connectivity index (χ0n) is 13.1. The van der Waals surface area contributed by atoms with Crippen LogP contribution in [0.3, 0.4) is 0 Å². The van der Waals surface area contributed by atoms with E-state index in [4.69, 9.17) is 0 Å². The maximum Gasteiger partial charge on any atom is 0.236 e. The van der Waals surface area contributed by atoms with E-state index in [0.717, 1.165) is 32.4 Å². The molecule has 21 heavy (non-hydrogen) atoms. The Balaban J connectivity index is 1.61. The van der Waals surface area contributed by atoms with Crippen LogP contribution in [-0.4, -0.2) is 54.2 Å². The summed E-state index contributed by atoms with van der Waals surface area (Å²) in [6.07, 6.45) is 3.09. The van der Waals surface area contributed by atoms with E-state index in [1.54, 1.807) is 11.8 Å². The van der Waals surface area contributed by atoms with Gasteiger partial charge in [0.25, 0.3) is 0 Å². The minimum absolute atomic E-state index is 0.0951. The molecule has 2 aliphatic heterocycles. The SMILES string of the molecule is Cc1ccc2c(c1)S[C@@H](C(=O)N1CCC(N(C)C)CC1)C2. The van der Waals surface area contributed by atoms with E-state index in [9.17, 15) is 4.79 Å². The van der Waals surface area contributed by atoms with Crippen LogP contribution in [0.5, 0.6) is 0 Å². The zero-order valence-corrected chi connectivity index (χ0v) is 13.9. The molecule has 0 bridgehead atoms. The number of rotatable bonds is 2. The van der Waals surface area contributed by atoms with Gasteiger partial charge in [-0.25, -0.2) is 0 Å². The predicted octanol–water partition coefficient (Wildman–Crippen LogP) is 2.56. The maximum atomic E-state index is 12.7. The molecule has 1 fully saturated rings. The quantitative estimate of drug-likeness (QED) is 0.839. The lowest BCUT2D eigenvalue weighted by Gasteiger charge is -2.36. The van der Waals surface area contributed by atoms with Gasteiger partial charge in [0.05, 0.1) is 5.25 Å². The summed E-state index contributed by atoms with van der Waals surface area (Å²) in [5.41, 5.74) is 2.62. The van der Waals surface area contributed by atoms with Crippen LogP contribution in [0.1, 0.15) is 24.0 Å². The minimum atomic E-state index is 0.0951. The molecule has 3 rings (SSSR count). The molecule has 0 unspecified atom stereocenters. The molecular formula is C17H24N2OS. The summed E-state index contributed by atoms with van der Waals surface area (Å²) in [6.45, 7) is 3.93. The molecule has 1 amide bonds. The lowest BCUT2D eigenvalue weighted by atomic mass is 10.0. The molecule has 1 atom stereocenters. The van der Waals surface area contributed by atoms with E-state index in [0.29, 0.717) is 11.9 Å². The number of hydrogen-bond acceptors (Lipinski definition) is 3. The molecule has 0 N–H and O–H groups in total. The number of benzene rings is 1. The molecule has 1 aromatic rings. The minimum Gasteiger partial charge on any atom is -0.342 e. The smallest absolute Gasteiger partial charge is 0.236 e. The Kier molecular flexibility index (Phi) is 4.27. The topological polar surface area (TPSA) is 23.6 Å². The van der Waals surface area contributed by atoms with Crippen molar-refractivity contribution in [2.75, 3.05) is 27.2 Å². The molecule has 0 radical (unpaired) electrons. The molecule has 0 aromatic heterocycles. The summed E-state index contributed by atoms with van der Waals surface area (Å²) >= 11 is 1.76. The first-order valence-electron chi connectivity index (χ1n) is 7.76. The highest BCUT2D eigenvalue weighted by atomic mass is 32.2. The number of carbonyl (C=O) groups excluding carboxylic acids is 1. The molecule has 1 saturated heterocycles. The molecule has 3 nitrogen and oxygen atoms in total. The largest absolute Gasteiger partial charge is 0.342 e. The third-order valence-electron chi connectivity index (χ3n) is 4.68. The van der Waals surface area contributed by atoms with Crippen molar-refractivity contribution in [3.8, 4) is 0 Å². The van der Waals surface area contributed by atoms with Gasteiger partial charge in [0.15, 0.2) is 0 Å². The van der Waals surface area contributed by atoms with Crippen molar-refractivity contribution in [2.24, 2.45) is 0 Å². The van der Waals surface area contributed by atoms with Gasteiger partial charge in [-0.05, 0) is 51.9 Å². The van der Waals surface area contributed by atoms with Gasteiger partial charge in [-0.3, -0.25) is 4.79 Å². The van der Waals surface area contributed by atoms with Crippen molar-refractivity contribution >= 4 is 17.7 Å². The van der Waals surface area contributed by atoms with E-state index in [1.165, 1.54) is 16.0 Å². The fourth-order valence-corrected chi connectivity index (χ4v) is 4.65. The van der Waals surface area contributed by atoms with Crippen LogP contribution in [0.15, 0.2) is 23.1 Å². The van der Waals surface area contributed by atoms with Crippen LogP contribution in [0.25, 0.3) is 0 Å². The monoisotopic (exact) mass is 304 g/mol. The second-order valence-corrected chi connectivity index (χ2v) is 7.69. The Morgan fingerprint density at radius 3 is 2.67 bits per heavy atom. The van der Waals surface area contributed by atoms with E-state index >= 15 is 0 Å². The summed E-state index contributed by atoms with van der Waals surface area (Å²) < 4.78 is 0. The normalized spacial score (nSPS) is 22.7. The number of aryl methyl sites for hydroxylation is 1. The summed E-state index contributed by atoms with van der Waals surface area (Å²) in [4.78, 5) is 18.4. The van der Waals surface area contributed by atoms with Crippen molar-refractivity contribution in [3.05, 3.63) is 29.3 Å². The van der Waals surface area contributed by atoms with Crippen LogP contribution in [0.2, 0.25) is 0 Å². The second-order valence-electron chi connectivity index (χ2n) is 6.44. The fourth-order valence-electron chi connectivity index (χ4n) is 3.28. The molecule has 0 saturated carbocycles. The lowest BCUT2D eigenvalue weighted by Crippen LogP contribution is -2.47. The van der Waals surface area contributed by atoms with Gasteiger partial charge in [-0.15, -0.1) is 11.8 Å². The average molecular weight is 304 g/mol. The number of amides is 1. The summed E-state index contributed by atoms with van der Waals surface area (Å²) in [5.74, 6) is 0.339. The van der Waals surface area contributed by atoms with Gasteiger partial charge in [0, 0.05) is 24.0 Å². The Morgan fingerprint density at radius 1 is 1.29 bits per heavy atom. The maximum absolute atomic E-state index is 12.7. The number of thioether (sulfide) groups is 1. The Morgan fingerprint density at radius 2 is 2.00 bits per heavy atom. The van der Waals surface area contributed by atoms with Gasteiger partial charge >= 0.3 is 0 Å². The molecule has 0 aliphatic carbocycles. The molecule has 114 valence electrons. The van der Waals surface area contributed by atoms with E-state index in [-0.39, 0.29) is 5.25 Å². The summed E-state index contributed by atoms with van der Waals surface area (Å²) in [6, 6.07) is 7.17. The Hall–Kier alpha value is -1.00. The number of nitrogens with zero attached hydrogens (tertiary/aromatic N) is 2. The van der Waals surface area contributed by atoms with Crippen LogP contribution in [0.4, 0.5) is 0 Å². The van der Waals surface area contributed by atoms with Crippen molar-refractivity contribution in [1.29, 1.82) is 0 Å². The molecule has 2 heterocycles. The molecule has 2 aliphatic rings. The number of fused-ring (bicyclic) bond motifs is 1. The van der Waals surface area contributed by atoms with Crippen LogP contribution in [0, 0.1) is 6.92 Å². The summed E-state index contributed by atoms with van der Waals surface area (Å²) in [5, 5.41) is 0.0951. The second kappa shape index (κ2) is 6.01. The van der Waals surface area contributed by atoms with Gasteiger partial charge in [0.1, 0.15) is 0 Å². The summed E-state index contributed by atoms with van der Waals surface area (Å²) in [7, 11) is 4.27. The van der Waals surface area contributed by atoms with Crippen molar-refractivity contribution < 1.29 is 4.79 Å². The predicted molar refractivity (Wildman–Crippen MR) is 87.8 cm³/mol. The van der Waals surface area contributed by atoms with Gasteiger partial charge in [0.2, 0.25) is 5.91 Å². The Bertz CT molecular complexity index is 536. The van der Waals surface area contributed by atoms with Crippen molar-refractivity contribution in [1.82, 2.24) is 9.80 Å². The van der Waals surface area contributed by atoms with Crippen molar-refractivity contribution in [2.45, 2.75) is 42.4 Å². The highest BCUT2D eigenvalue weighted by molar-refractivity contribution is 8.01. The first-order valence-corrected chi connectivity index (χ1v) is 8.64. The number of hydrogen-bond donors (Lipinski definition) is 0. The van der Waals surface area contributed by atoms with Gasteiger partial charge < -0.3 is 9.80 Å². The van der Waals surface area contributed by atoms with Crippen LogP contribution < -0.4 is 0 Å². The van der Waals surface area contributed by atoms with Gasteiger partial charge in [-0.2, -0.15) is 0 Å². The molecule has 1 aromatic carbocycles. The van der Waals surface area contributed by atoms with E-state index in [1.807, 2.05) is 0 Å². The number of carbonyl (C=O) groups is 1. The molecule has 0 spiro atoms. The molecule has 4 heteroatoms. The number of likely N-dealkylation sites (tertiary alicyclic amines) is 1. The van der Waals surface area contributed by atoms with Crippen molar-refractivity contribution in [3.63, 3.8) is 0 Å². The Labute approximate surface area is 131 Å². The van der Waals surface area contributed by atoms with E-state index in [2.05, 4.69) is 49.0 Å². The third-order valence-corrected chi connectivity index (χ3v) is 5.97. The highest BCUT2D eigenvalue weighted by Crippen LogP contribution is 2.38. The average Bonchev–Trinajstić information content (AvgIpc) is 2.89. The van der Waals surface area contributed by atoms with E-state index < -0.39 is 0 Å². The molecular weight excluding hydrogens is 280 g/mol. The van der Waals surface area contributed by atoms with Crippen LogP contribution in [-0.2, 0) is 11.2 Å². The van der Waals surface area contributed by atoms with Crippen LogP contribution >= 0.6 is 11.8 Å². The lowest BCUT2D eigenvalue weighted by molar-refractivity contribution is -0.132. The number of piperidine rings is 1. The fraction of sp³-hybridized carbons (Fsp3) is 0.588. The zero-order chi connectivity index (χ0) is 15.0. The standard InChI is InChI=1S/C17H24N2OS/c1-12-4-5-13-11-16(21-15(13)10-12)17(20)19-8-6-14(7-9-19)18(2)3/h4-5,10,14,16H,6-9,11H2,1-3H3/t16-/m1/s1. The first-order chi connectivity index (χ1) is 10.0.